The molecule has 0 heterocycles. The molecule has 4 nitrogen and oxygen atoms in total. The van der Waals surface area contributed by atoms with E-state index in [1.807, 2.05) is 31.2 Å². The summed E-state index contributed by atoms with van der Waals surface area (Å²) >= 11 is 3.32. The number of amides is 1. The molecule has 2 aromatic rings. The zero-order valence-electron chi connectivity index (χ0n) is 11.0. The molecule has 20 heavy (non-hydrogen) atoms. The maximum atomic E-state index is 11.8. The van der Waals surface area contributed by atoms with Gasteiger partial charge in [0.25, 0.3) is 5.91 Å². The van der Waals surface area contributed by atoms with Gasteiger partial charge in [0.05, 0.1) is 0 Å². The van der Waals surface area contributed by atoms with Crippen molar-refractivity contribution in [3.8, 4) is 5.75 Å². The summed E-state index contributed by atoms with van der Waals surface area (Å²) in [4.78, 5) is 11.8. The van der Waals surface area contributed by atoms with E-state index in [4.69, 9.17) is 10.5 Å². The van der Waals surface area contributed by atoms with Crippen molar-refractivity contribution in [2.75, 3.05) is 17.7 Å². The molecular weight excluding hydrogens is 320 g/mol. The molecule has 2 rings (SSSR count). The molecule has 0 aromatic heterocycles. The second-order valence-corrected chi connectivity index (χ2v) is 5.34. The summed E-state index contributed by atoms with van der Waals surface area (Å²) in [5.74, 6) is 0.338. The van der Waals surface area contributed by atoms with E-state index in [1.165, 1.54) is 0 Å². The van der Waals surface area contributed by atoms with E-state index < -0.39 is 0 Å². The first-order valence-electron chi connectivity index (χ1n) is 6.08. The van der Waals surface area contributed by atoms with E-state index in [2.05, 4.69) is 21.2 Å². The van der Waals surface area contributed by atoms with Crippen LogP contribution in [0, 0.1) is 6.92 Å². The van der Waals surface area contributed by atoms with Gasteiger partial charge in [0.2, 0.25) is 0 Å². The maximum absolute atomic E-state index is 11.8. The van der Waals surface area contributed by atoms with Gasteiger partial charge >= 0.3 is 0 Å². The molecule has 0 spiro atoms. The van der Waals surface area contributed by atoms with E-state index in [0.29, 0.717) is 11.4 Å². The quantitative estimate of drug-likeness (QED) is 0.842. The molecule has 0 saturated heterocycles. The molecule has 0 saturated carbocycles. The second kappa shape index (κ2) is 6.43. The van der Waals surface area contributed by atoms with E-state index in [9.17, 15) is 4.79 Å². The Morgan fingerprint density at radius 2 is 2.10 bits per heavy atom. The van der Waals surface area contributed by atoms with Gasteiger partial charge in [-0.3, -0.25) is 4.79 Å². The summed E-state index contributed by atoms with van der Waals surface area (Å²) in [5.41, 5.74) is 8.12. The molecule has 0 fully saturated rings. The first-order valence-corrected chi connectivity index (χ1v) is 6.87. The van der Waals surface area contributed by atoms with Gasteiger partial charge in [-0.15, -0.1) is 0 Å². The van der Waals surface area contributed by atoms with Crippen molar-refractivity contribution in [3.05, 3.63) is 52.5 Å². The fourth-order valence-electron chi connectivity index (χ4n) is 1.74. The maximum Gasteiger partial charge on any atom is 0.262 e. The summed E-state index contributed by atoms with van der Waals surface area (Å²) < 4.78 is 6.22. The number of carbonyl (C=O) groups is 1. The van der Waals surface area contributed by atoms with Gasteiger partial charge in [-0.25, -0.2) is 0 Å². The largest absolute Gasteiger partial charge is 0.484 e. The third-order valence-corrected chi connectivity index (χ3v) is 3.02. The van der Waals surface area contributed by atoms with E-state index in [1.54, 1.807) is 18.2 Å². The average molecular weight is 335 g/mol. The van der Waals surface area contributed by atoms with E-state index in [-0.39, 0.29) is 12.5 Å². The Morgan fingerprint density at radius 1 is 1.30 bits per heavy atom. The molecule has 0 unspecified atom stereocenters. The van der Waals surface area contributed by atoms with Crippen LogP contribution in [0.3, 0.4) is 0 Å². The zero-order valence-corrected chi connectivity index (χ0v) is 12.6. The lowest BCUT2D eigenvalue weighted by molar-refractivity contribution is -0.118. The SMILES string of the molecule is Cc1cccc(NC(=O)COc2cc(N)cc(Br)c2)c1. The second-order valence-electron chi connectivity index (χ2n) is 4.43. The number of nitrogens with two attached hydrogens (primary N) is 1. The number of hydrogen-bond acceptors (Lipinski definition) is 3. The first kappa shape index (κ1) is 14.4. The highest BCUT2D eigenvalue weighted by Gasteiger charge is 2.05. The number of hydrogen-bond donors (Lipinski definition) is 2. The Bertz CT molecular complexity index is 609. The molecule has 3 N–H and O–H groups in total. The minimum Gasteiger partial charge on any atom is -0.484 e. The molecule has 0 bridgehead atoms. The van der Waals surface area contributed by atoms with Gasteiger partial charge < -0.3 is 15.8 Å². The number of nitrogen functional groups attached to an aromatic ring is 1. The Hall–Kier alpha value is -2.01. The monoisotopic (exact) mass is 334 g/mol. The molecule has 0 aliphatic rings. The van der Waals surface area contributed by atoms with Gasteiger partial charge in [0, 0.05) is 21.9 Å². The van der Waals surface area contributed by atoms with Gasteiger partial charge in [-0.05, 0) is 36.8 Å². The van der Waals surface area contributed by atoms with Gasteiger partial charge in [-0.1, -0.05) is 28.1 Å². The van der Waals surface area contributed by atoms with Crippen molar-refractivity contribution in [1.29, 1.82) is 0 Å². The van der Waals surface area contributed by atoms with Gasteiger partial charge in [0.15, 0.2) is 6.61 Å². The minimum absolute atomic E-state index is 0.0656. The summed E-state index contributed by atoms with van der Waals surface area (Å²) in [7, 11) is 0. The molecule has 2 aromatic carbocycles. The van der Waals surface area contributed by atoms with E-state index in [0.717, 1.165) is 15.7 Å². The topological polar surface area (TPSA) is 64.3 Å². The smallest absolute Gasteiger partial charge is 0.262 e. The lowest BCUT2D eigenvalue weighted by Crippen LogP contribution is -2.20. The predicted octanol–water partition coefficient (Wildman–Crippen LogP) is 3.36. The van der Waals surface area contributed by atoms with Crippen molar-refractivity contribution in [1.82, 2.24) is 0 Å². The highest BCUT2D eigenvalue weighted by atomic mass is 79.9. The predicted molar refractivity (Wildman–Crippen MR) is 83.9 cm³/mol. The third kappa shape index (κ3) is 4.28. The van der Waals surface area contributed by atoms with Crippen molar-refractivity contribution in [3.63, 3.8) is 0 Å². The number of benzene rings is 2. The summed E-state index contributed by atoms with van der Waals surface area (Å²) in [5, 5.41) is 2.78. The lowest BCUT2D eigenvalue weighted by atomic mass is 10.2. The first-order chi connectivity index (χ1) is 9.52. The highest BCUT2D eigenvalue weighted by molar-refractivity contribution is 9.10. The zero-order chi connectivity index (χ0) is 14.5. The van der Waals surface area contributed by atoms with Gasteiger partial charge in [0.1, 0.15) is 5.75 Å². The summed E-state index contributed by atoms with van der Waals surface area (Å²) in [6, 6.07) is 12.8. The number of rotatable bonds is 4. The third-order valence-electron chi connectivity index (χ3n) is 2.57. The van der Waals surface area contributed by atoms with Crippen LogP contribution in [0.1, 0.15) is 5.56 Å². The molecule has 104 valence electrons. The Balaban J connectivity index is 1.92. The van der Waals surface area contributed by atoms with Gasteiger partial charge in [-0.2, -0.15) is 0 Å². The number of anilines is 2. The van der Waals surface area contributed by atoms with E-state index >= 15 is 0 Å². The number of ether oxygens (including phenoxy) is 1. The standard InChI is InChI=1S/C15H15BrN2O2/c1-10-3-2-4-13(5-10)18-15(19)9-20-14-7-11(16)6-12(17)8-14/h2-8H,9,17H2,1H3,(H,18,19). The van der Waals surface area contributed by atoms with Crippen LogP contribution in [0.5, 0.6) is 5.75 Å². The van der Waals surface area contributed by atoms with Crippen LogP contribution < -0.4 is 15.8 Å². The van der Waals surface area contributed by atoms with Crippen molar-refractivity contribution in [2.24, 2.45) is 0 Å². The number of aryl methyl sites for hydroxylation is 1. The summed E-state index contributed by atoms with van der Waals surface area (Å²) in [6.07, 6.45) is 0. The van der Waals surface area contributed by atoms with Crippen LogP contribution in [-0.4, -0.2) is 12.5 Å². The fourth-order valence-corrected chi connectivity index (χ4v) is 2.23. The van der Waals surface area contributed by atoms with Crippen molar-refractivity contribution >= 4 is 33.2 Å². The Labute approximate surface area is 126 Å². The Morgan fingerprint density at radius 3 is 2.80 bits per heavy atom. The molecule has 5 heteroatoms. The van der Waals surface area contributed by atoms with Crippen molar-refractivity contribution in [2.45, 2.75) is 6.92 Å². The molecule has 0 aliphatic carbocycles. The molecular formula is C15H15BrN2O2. The molecule has 1 amide bonds. The molecule has 0 radical (unpaired) electrons. The van der Waals surface area contributed by atoms with Crippen LogP contribution in [0.15, 0.2) is 46.9 Å². The number of halogens is 1. The summed E-state index contributed by atoms with van der Waals surface area (Å²) in [6.45, 7) is 1.90. The van der Waals surface area contributed by atoms with Crippen LogP contribution in [0.4, 0.5) is 11.4 Å². The average Bonchev–Trinajstić information content (AvgIpc) is 2.35. The van der Waals surface area contributed by atoms with Crippen LogP contribution in [0.2, 0.25) is 0 Å². The lowest BCUT2D eigenvalue weighted by Gasteiger charge is -2.09. The van der Waals surface area contributed by atoms with Crippen LogP contribution in [0.25, 0.3) is 0 Å². The number of nitrogens with one attached hydrogen (secondary N) is 1. The van der Waals surface area contributed by atoms with Crippen molar-refractivity contribution < 1.29 is 9.53 Å². The molecule has 0 atom stereocenters. The fraction of sp³-hybridized carbons (Fsp3) is 0.133. The Kier molecular flexibility index (Phi) is 4.63. The normalized spacial score (nSPS) is 10.1. The molecule has 0 aliphatic heterocycles. The highest BCUT2D eigenvalue weighted by Crippen LogP contribution is 2.22. The van der Waals surface area contributed by atoms with Crippen LogP contribution >= 0.6 is 15.9 Å². The van der Waals surface area contributed by atoms with Crippen LogP contribution in [-0.2, 0) is 4.79 Å². The number of carbonyl (C=O) groups excluding carboxylic acids is 1. The minimum atomic E-state index is -0.214.